The van der Waals surface area contributed by atoms with E-state index in [1.54, 1.807) is 13.0 Å². The quantitative estimate of drug-likeness (QED) is 0.369. The first-order valence-corrected chi connectivity index (χ1v) is 12.4. The van der Waals surface area contributed by atoms with Crippen LogP contribution in [0.25, 0.3) is 0 Å². The predicted molar refractivity (Wildman–Crippen MR) is 127 cm³/mol. The van der Waals surface area contributed by atoms with Crippen LogP contribution >= 0.6 is 0 Å². The third-order valence-corrected chi connectivity index (χ3v) is 9.35. The van der Waals surface area contributed by atoms with E-state index in [1.807, 2.05) is 20.8 Å². The molecule has 2 bridgehead atoms. The summed E-state index contributed by atoms with van der Waals surface area (Å²) in [5.41, 5.74) is -3.45. The fraction of sp³-hybridized carbons (Fsp3) is 0.571. The lowest BCUT2D eigenvalue weighted by molar-refractivity contribution is -0.180. The van der Waals surface area contributed by atoms with Gasteiger partial charge in [0, 0.05) is 28.4 Å². The van der Waals surface area contributed by atoms with Gasteiger partial charge in [0.2, 0.25) is 11.7 Å². The smallest absolute Gasteiger partial charge is 0.347 e. The number of carbonyl (C=O) groups is 4. The van der Waals surface area contributed by atoms with Crippen molar-refractivity contribution in [1.29, 1.82) is 0 Å². The molecule has 0 radical (unpaired) electrons. The zero-order valence-electron chi connectivity index (χ0n) is 21.7. The van der Waals surface area contributed by atoms with Gasteiger partial charge >= 0.3 is 17.9 Å². The second kappa shape index (κ2) is 7.90. The summed E-state index contributed by atoms with van der Waals surface area (Å²) < 4.78 is 21.4. The molecule has 0 amide bonds. The Morgan fingerprint density at radius 3 is 2.49 bits per heavy atom. The molecule has 0 spiro atoms. The molecule has 1 aromatic rings. The van der Waals surface area contributed by atoms with Crippen LogP contribution in [0.5, 0.6) is 0 Å². The number of Topliss-reactive ketones (excluding diaryl/α,β-unsaturated/α-hetero) is 1. The van der Waals surface area contributed by atoms with Crippen molar-refractivity contribution in [3.8, 4) is 0 Å². The van der Waals surface area contributed by atoms with E-state index in [1.165, 1.54) is 25.7 Å². The number of furan rings is 1. The Balaban J connectivity index is 1.65. The van der Waals surface area contributed by atoms with Gasteiger partial charge in [0.05, 0.1) is 19.6 Å². The fourth-order valence-corrected chi connectivity index (χ4v) is 7.85. The van der Waals surface area contributed by atoms with Gasteiger partial charge in [0.25, 0.3) is 0 Å². The van der Waals surface area contributed by atoms with E-state index in [0.29, 0.717) is 29.6 Å². The van der Waals surface area contributed by atoms with Crippen LogP contribution in [-0.4, -0.2) is 47.6 Å². The third-order valence-electron chi connectivity index (χ3n) is 9.35. The summed E-state index contributed by atoms with van der Waals surface area (Å²) in [7, 11) is 1.19. The molecular weight excluding hydrogens is 480 g/mol. The Morgan fingerprint density at radius 2 is 1.86 bits per heavy atom. The molecule has 198 valence electrons. The van der Waals surface area contributed by atoms with Crippen LogP contribution in [0, 0.1) is 28.1 Å². The zero-order chi connectivity index (χ0) is 27.1. The van der Waals surface area contributed by atoms with Crippen molar-refractivity contribution in [2.24, 2.45) is 28.1 Å². The molecule has 5 aliphatic rings. The molecule has 1 N–H and O–H groups in total. The number of hydrogen-bond donors (Lipinski definition) is 1. The minimum absolute atomic E-state index is 0.181. The van der Waals surface area contributed by atoms with E-state index in [9.17, 15) is 24.3 Å². The summed E-state index contributed by atoms with van der Waals surface area (Å²) in [4.78, 5) is 52.8. The number of methoxy groups -OCH3 is 1. The predicted octanol–water partition coefficient (Wildman–Crippen LogP) is 3.23. The molecule has 0 unspecified atom stereocenters. The highest BCUT2D eigenvalue weighted by Crippen LogP contribution is 2.66. The van der Waals surface area contributed by atoms with Crippen molar-refractivity contribution in [3.05, 3.63) is 48.0 Å². The Hall–Kier alpha value is -3.20. The molecule has 9 heteroatoms. The molecule has 0 aromatic carbocycles. The zero-order valence-corrected chi connectivity index (χ0v) is 21.7. The maximum Gasteiger partial charge on any atom is 0.347 e. The highest BCUT2D eigenvalue weighted by atomic mass is 16.6. The summed E-state index contributed by atoms with van der Waals surface area (Å²) in [5, 5.41) is 11.5. The minimum Gasteiger partial charge on any atom is -0.472 e. The van der Waals surface area contributed by atoms with Gasteiger partial charge < -0.3 is 23.7 Å². The van der Waals surface area contributed by atoms with E-state index in [4.69, 9.17) is 18.6 Å². The summed E-state index contributed by atoms with van der Waals surface area (Å²) in [6.07, 6.45) is 3.23. The van der Waals surface area contributed by atoms with Gasteiger partial charge in [-0.15, -0.1) is 0 Å². The summed E-state index contributed by atoms with van der Waals surface area (Å²) in [6, 6.07) is 1.75. The lowest BCUT2D eigenvalue weighted by Crippen LogP contribution is -2.66. The molecule has 1 aromatic heterocycles. The molecule has 2 saturated carbocycles. The van der Waals surface area contributed by atoms with Crippen molar-refractivity contribution in [2.45, 2.75) is 64.8 Å². The monoisotopic (exact) mass is 512 g/mol. The number of ether oxygens (including phenoxy) is 3. The SMILES string of the molecule is C=C1C2=CC(=O)O[C@@H](c3ccoc3)[C@]2(C)CC[C@@H]1[C@@]1(C)C(=O)[C@@]2(O)CC(C)(C)[C@@H]1[C@H](C(=O)OC)OC2=O. The van der Waals surface area contributed by atoms with Crippen molar-refractivity contribution >= 4 is 23.7 Å². The maximum atomic E-state index is 14.1. The van der Waals surface area contributed by atoms with E-state index >= 15 is 0 Å². The average Bonchev–Trinajstić information content (AvgIpc) is 3.32. The highest BCUT2D eigenvalue weighted by Gasteiger charge is 2.73. The van der Waals surface area contributed by atoms with Crippen molar-refractivity contribution < 1.29 is 42.9 Å². The number of cyclic esters (lactones) is 1. The normalized spacial score (nSPS) is 40.8. The van der Waals surface area contributed by atoms with Crippen LogP contribution in [0.2, 0.25) is 0 Å². The molecule has 4 heterocycles. The molecular formula is C28H32O9. The van der Waals surface area contributed by atoms with Crippen molar-refractivity contribution in [1.82, 2.24) is 0 Å². The number of esters is 3. The fourth-order valence-electron chi connectivity index (χ4n) is 7.85. The van der Waals surface area contributed by atoms with Gasteiger partial charge in [-0.1, -0.05) is 34.3 Å². The summed E-state index contributed by atoms with van der Waals surface area (Å²) in [6.45, 7) is 11.6. The lowest BCUT2D eigenvalue weighted by Gasteiger charge is -2.58. The van der Waals surface area contributed by atoms with E-state index < -0.39 is 69.6 Å². The third kappa shape index (κ3) is 3.25. The molecule has 4 fully saturated rings. The van der Waals surface area contributed by atoms with Gasteiger partial charge in [-0.25, -0.2) is 14.4 Å². The highest BCUT2D eigenvalue weighted by molar-refractivity contribution is 6.12. The Morgan fingerprint density at radius 1 is 1.16 bits per heavy atom. The van der Waals surface area contributed by atoms with Gasteiger partial charge in [-0.2, -0.15) is 0 Å². The number of allylic oxidation sites excluding steroid dienone is 1. The number of hydrogen-bond acceptors (Lipinski definition) is 9. The summed E-state index contributed by atoms with van der Waals surface area (Å²) >= 11 is 0. The average molecular weight is 513 g/mol. The van der Waals surface area contributed by atoms with E-state index in [-0.39, 0.29) is 6.42 Å². The maximum absolute atomic E-state index is 14.1. The van der Waals surface area contributed by atoms with Gasteiger partial charge in [-0.3, -0.25) is 4.79 Å². The van der Waals surface area contributed by atoms with Gasteiger partial charge in [0.1, 0.15) is 6.10 Å². The number of carbonyl (C=O) groups excluding carboxylic acids is 4. The standard InChI is InChI=1S/C28H32O9/c1-14-16(7-9-26(4)17(14)11-18(29)36-21(26)15-8-10-35-12-15)27(5)20-19(22(30)34-6)37-24(32)28(33,23(27)31)13-25(20,2)3/h8,10-12,16,19-21,33H,1,7,9,13H2,2-6H3/t16-,19+,20-,21-,26+,27+,28-/m0/s1. The summed E-state index contributed by atoms with van der Waals surface area (Å²) in [5.74, 6) is -4.56. The number of aliphatic hydroxyl groups is 1. The largest absolute Gasteiger partial charge is 0.472 e. The minimum atomic E-state index is -2.42. The first kappa shape index (κ1) is 25.4. The van der Waals surface area contributed by atoms with Crippen LogP contribution in [0.1, 0.15) is 58.6 Å². The lowest BCUT2D eigenvalue weighted by atomic mass is 9.44. The van der Waals surface area contributed by atoms with Crippen molar-refractivity contribution in [2.75, 3.05) is 7.11 Å². The molecule has 2 aliphatic carbocycles. The van der Waals surface area contributed by atoms with Crippen LogP contribution in [-0.2, 0) is 33.4 Å². The second-order valence-electron chi connectivity index (χ2n) is 11.9. The molecule has 2 saturated heterocycles. The number of rotatable bonds is 3. The van der Waals surface area contributed by atoms with E-state index in [2.05, 4.69) is 6.58 Å². The van der Waals surface area contributed by atoms with Crippen LogP contribution in [0.15, 0.2) is 46.8 Å². The second-order valence-corrected chi connectivity index (χ2v) is 11.9. The van der Waals surface area contributed by atoms with Gasteiger partial charge in [0.15, 0.2) is 5.78 Å². The molecule has 9 nitrogen and oxygen atoms in total. The van der Waals surface area contributed by atoms with E-state index in [0.717, 1.165) is 0 Å². The number of fused-ring (bicyclic) bond motifs is 5. The molecule has 3 aliphatic heterocycles. The number of ketones is 1. The first-order valence-electron chi connectivity index (χ1n) is 12.4. The topological polar surface area (TPSA) is 129 Å². The molecule has 7 atom stereocenters. The van der Waals surface area contributed by atoms with Crippen LogP contribution in [0.4, 0.5) is 0 Å². The Bertz CT molecular complexity index is 1240. The van der Waals surface area contributed by atoms with Crippen LogP contribution < -0.4 is 0 Å². The first-order chi connectivity index (χ1) is 17.2. The molecule has 37 heavy (non-hydrogen) atoms. The molecule has 6 rings (SSSR count). The Kier molecular flexibility index (Phi) is 5.43. The van der Waals surface area contributed by atoms with Gasteiger partial charge in [-0.05, 0) is 47.8 Å². The van der Waals surface area contributed by atoms with Crippen molar-refractivity contribution in [3.63, 3.8) is 0 Å². The Labute approximate surface area is 214 Å². The van der Waals surface area contributed by atoms with Crippen LogP contribution in [0.3, 0.4) is 0 Å².